The highest BCUT2D eigenvalue weighted by Gasteiger charge is 2.20. The molecule has 0 unspecified atom stereocenters. The molecule has 2 heterocycles. The van der Waals surface area contributed by atoms with Crippen molar-refractivity contribution < 1.29 is 18.7 Å². The molecule has 0 radical (unpaired) electrons. The summed E-state index contributed by atoms with van der Waals surface area (Å²) < 4.78 is 16.5. The largest absolute Gasteiger partial charge is 0.486 e. The summed E-state index contributed by atoms with van der Waals surface area (Å²) in [4.78, 5) is 14.6. The molecule has 0 aliphatic carbocycles. The number of fused-ring (bicyclic) bond motifs is 1. The van der Waals surface area contributed by atoms with Crippen molar-refractivity contribution in [2.45, 2.75) is 13.1 Å². The van der Waals surface area contributed by atoms with Crippen LogP contribution in [0.1, 0.15) is 21.7 Å². The first-order valence-electron chi connectivity index (χ1n) is 8.55. The molecular formula is C21H19NO4. The van der Waals surface area contributed by atoms with E-state index in [0.29, 0.717) is 32.1 Å². The van der Waals surface area contributed by atoms with Gasteiger partial charge < -0.3 is 18.8 Å². The second-order valence-electron chi connectivity index (χ2n) is 6.10. The van der Waals surface area contributed by atoms with Gasteiger partial charge in [0.1, 0.15) is 13.2 Å². The van der Waals surface area contributed by atoms with E-state index in [4.69, 9.17) is 13.9 Å². The van der Waals surface area contributed by atoms with Crippen molar-refractivity contribution in [1.29, 1.82) is 0 Å². The van der Waals surface area contributed by atoms with Gasteiger partial charge in [0.2, 0.25) is 0 Å². The van der Waals surface area contributed by atoms with E-state index >= 15 is 0 Å². The zero-order chi connectivity index (χ0) is 17.8. The van der Waals surface area contributed by atoms with Crippen LogP contribution in [0.2, 0.25) is 0 Å². The van der Waals surface area contributed by atoms with Gasteiger partial charge in [-0.2, -0.15) is 0 Å². The predicted molar refractivity (Wildman–Crippen MR) is 96.2 cm³/mol. The highest BCUT2D eigenvalue weighted by atomic mass is 16.6. The minimum atomic E-state index is -0.145. The van der Waals surface area contributed by atoms with Crippen molar-refractivity contribution in [2.75, 3.05) is 13.2 Å². The van der Waals surface area contributed by atoms with Crippen LogP contribution in [0.3, 0.4) is 0 Å². The molecule has 0 saturated carbocycles. The minimum Gasteiger partial charge on any atom is -0.486 e. The number of carbonyl (C=O) groups is 1. The molecule has 1 aromatic heterocycles. The molecule has 5 heteroatoms. The molecule has 132 valence electrons. The fraction of sp³-hybridized carbons (Fsp3) is 0.190. The van der Waals surface area contributed by atoms with Crippen molar-refractivity contribution in [3.05, 3.63) is 83.8 Å². The average Bonchev–Trinajstić information content (AvgIpc) is 3.22. The molecule has 0 saturated heterocycles. The highest BCUT2D eigenvalue weighted by molar-refractivity contribution is 5.91. The van der Waals surface area contributed by atoms with Gasteiger partial charge in [0.05, 0.1) is 6.26 Å². The van der Waals surface area contributed by atoms with Gasteiger partial charge in [-0.15, -0.1) is 0 Å². The smallest absolute Gasteiger partial charge is 0.290 e. The van der Waals surface area contributed by atoms with E-state index in [2.05, 4.69) is 0 Å². The normalized spacial score (nSPS) is 12.6. The first-order valence-corrected chi connectivity index (χ1v) is 8.55. The molecule has 0 atom stereocenters. The second kappa shape index (κ2) is 7.35. The Morgan fingerprint density at radius 1 is 0.846 bits per heavy atom. The van der Waals surface area contributed by atoms with Gasteiger partial charge in [-0.1, -0.05) is 36.4 Å². The molecule has 0 fully saturated rings. The molecule has 3 aromatic rings. The van der Waals surface area contributed by atoms with E-state index in [1.165, 1.54) is 6.26 Å². The molecule has 1 aliphatic heterocycles. The third-order valence-corrected chi connectivity index (χ3v) is 4.22. The number of rotatable bonds is 5. The van der Waals surface area contributed by atoms with E-state index < -0.39 is 0 Å². The van der Waals surface area contributed by atoms with E-state index in [9.17, 15) is 4.79 Å². The lowest BCUT2D eigenvalue weighted by molar-refractivity contribution is 0.0697. The molecule has 4 rings (SSSR count). The number of hydrogen-bond donors (Lipinski definition) is 0. The lowest BCUT2D eigenvalue weighted by Crippen LogP contribution is -2.30. The SMILES string of the molecule is O=C(c1ccco1)N(Cc1ccccc1)Cc1ccc2c(c1)OCCO2. The summed E-state index contributed by atoms with van der Waals surface area (Å²) in [6.07, 6.45) is 1.51. The molecule has 0 N–H and O–H groups in total. The Hall–Kier alpha value is -3.21. The standard InChI is InChI=1S/C21H19NO4/c23-21(19-7-4-10-24-19)22(14-16-5-2-1-3-6-16)15-17-8-9-18-20(13-17)26-12-11-25-18/h1-10,13H,11-12,14-15H2. The zero-order valence-electron chi connectivity index (χ0n) is 14.3. The predicted octanol–water partition coefficient (Wildman–Crippen LogP) is 3.89. The maximum absolute atomic E-state index is 12.9. The van der Waals surface area contributed by atoms with Crippen LogP contribution in [-0.4, -0.2) is 24.0 Å². The first-order chi connectivity index (χ1) is 12.8. The van der Waals surface area contributed by atoms with Gasteiger partial charge in [-0.05, 0) is 35.4 Å². The summed E-state index contributed by atoms with van der Waals surface area (Å²) in [5.74, 6) is 1.65. The summed E-state index contributed by atoms with van der Waals surface area (Å²) in [7, 11) is 0. The van der Waals surface area contributed by atoms with Crippen LogP contribution < -0.4 is 9.47 Å². The number of ether oxygens (including phenoxy) is 2. The van der Waals surface area contributed by atoms with E-state index in [0.717, 1.165) is 22.6 Å². The molecule has 5 nitrogen and oxygen atoms in total. The number of benzene rings is 2. The van der Waals surface area contributed by atoms with E-state index in [-0.39, 0.29) is 5.91 Å². The van der Waals surface area contributed by atoms with Crippen molar-refractivity contribution >= 4 is 5.91 Å². The van der Waals surface area contributed by atoms with Crippen LogP contribution >= 0.6 is 0 Å². The van der Waals surface area contributed by atoms with E-state index in [1.807, 2.05) is 48.5 Å². The molecule has 0 bridgehead atoms. The van der Waals surface area contributed by atoms with Gasteiger partial charge >= 0.3 is 0 Å². The minimum absolute atomic E-state index is 0.145. The summed E-state index contributed by atoms with van der Waals surface area (Å²) in [5, 5.41) is 0. The van der Waals surface area contributed by atoms with Gasteiger partial charge in [-0.3, -0.25) is 4.79 Å². The molecule has 0 spiro atoms. The maximum Gasteiger partial charge on any atom is 0.290 e. The summed E-state index contributed by atoms with van der Waals surface area (Å²) in [6, 6.07) is 19.1. The molecule has 2 aromatic carbocycles. The number of carbonyl (C=O) groups excluding carboxylic acids is 1. The summed E-state index contributed by atoms with van der Waals surface area (Å²) in [5.41, 5.74) is 2.04. The van der Waals surface area contributed by atoms with Crippen LogP contribution in [-0.2, 0) is 13.1 Å². The van der Waals surface area contributed by atoms with Crippen LogP contribution in [0.25, 0.3) is 0 Å². The van der Waals surface area contributed by atoms with Gasteiger partial charge in [0, 0.05) is 13.1 Å². The number of furan rings is 1. The monoisotopic (exact) mass is 349 g/mol. The fourth-order valence-corrected chi connectivity index (χ4v) is 2.97. The lowest BCUT2D eigenvalue weighted by Gasteiger charge is -2.24. The first kappa shape index (κ1) is 16.3. The zero-order valence-corrected chi connectivity index (χ0v) is 14.3. The Balaban J connectivity index is 1.59. The number of amides is 1. The topological polar surface area (TPSA) is 51.9 Å². The second-order valence-corrected chi connectivity index (χ2v) is 6.10. The van der Waals surface area contributed by atoms with Crippen molar-refractivity contribution in [2.24, 2.45) is 0 Å². The molecule has 1 amide bonds. The Morgan fingerprint density at radius 3 is 2.38 bits per heavy atom. The average molecular weight is 349 g/mol. The Bertz CT molecular complexity index is 874. The number of nitrogens with zero attached hydrogens (tertiary/aromatic N) is 1. The Labute approximate surface area is 151 Å². The van der Waals surface area contributed by atoms with Gasteiger partial charge in [-0.25, -0.2) is 0 Å². The van der Waals surface area contributed by atoms with Crippen LogP contribution in [0, 0.1) is 0 Å². The highest BCUT2D eigenvalue weighted by Crippen LogP contribution is 2.31. The Kier molecular flexibility index (Phi) is 4.60. The van der Waals surface area contributed by atoms with Crippen molar-refractivity contribution in [3.63, 3.8) is 0 Å². The quantitative estimate of drug-likeness (QED) is 0.701. The van der Waals surface area contributed by atoms with E-state index in [1.54, 1.807) is 17.0 Å². The molecule has 26 heavy (non-hydrogen) atoms. The maximum atomic E-state index is 12.9. The van der Waals surface area contributed by atoms with Crippen LogP contribution in [0.15, 0.2) is 71.3 Å². The Morgan fingerprint density at radius 2 is 1.62 bits per heavy atom. The van der Waals surface area contributed by atoms with Crippen molar-refractivity contribution in [3.8, 4) is 11.5 Å². The third kappa shape index (κ3) is 3.57. The van der Waals surface area contributed by atoms with Gasteiger partial charge in [0.15, 0.2) is 17.3 Å². The van der Waals surface area contributed by atoms with Crippen LogP contribution in [0.4, 0.5) is 0 Å². The number of hydrogen-bond acceptors (Lipinski definition) is 4. The van der Waals surface area contributed by atoms with Crippen molar-refractivity contribution in [1.82, 2.24) is 4.90 Å². The summed E-state index contributed by atoms with van der Waals surface area (Å²) >= 11 is 0. The molecular weight excluding hydrogens is 330 g/mol. The fourth-order valence-electron chi connectivity index (χ4n) is 2.97. The van der Waals surface area contributed by atoms with Gasteiger partial charge in [0.25, 0.3) is 5.91 Å². The molecule has 1 aliphatic rings. The summed E-state index contributed by atoms with van der Waals surface area (Å²) in [6.45, 7) is 2.04. The third-order valence-electron chi connectivity index (χ3n) is 4.22. The lowest BCUT2D eigenvalue weighted by atomic mass is 10.1. The van der Waals surface area contributed by atoms with Crippen LogP contribution in [0.5, 0.6) is 11.5 Å².